The monoisotopic (exact) mass is 212 g/mol. The molecule has 0 saturated carbocycles. The average molecular weight is 212 g/mol. The third-order valence-corrected chi connectivity index (χ3v) is 2.07. The Morgan fingerprint density at radius 3 is 2.87 bits per heavy atom. The number of aromatic nitrogens is 4. The second-order valence-electron chi connectivity index (χ2n) is 3.31. The van der Waals surface area contributed by atoms with Gasteiger partial charge < -0.3 is 4.74 Å². The van der Waals surface area contributed by atoms with Gasteiger partial charge in [-0.15, -0.1) is 5.10 Å². The molecule has 0 aromatic carbocycles. The van der Waals surface area contributed by atoms with Gasteiger partial charge in [-0.3, -0.25) is 0 Å². The van der Waals surface area contributed by atoms with Crippen molar-refractivity contribution in [3.63, 3.8) is 0 Å². The van der Waals surface area contributed by atoms with Gasteiger partial charge in [0.25, 0.3) is 5.82 Å². The number of rotatable bonds is 5. The molecule has 0 fully saturated rings. The van der Waals surface area contributed by atoms with E-state index in [9.17, 15) is 4.79 Å². The lowest BCUT2D eigenvalue weighted by Gasteiger charge is -2.10. The van der Waals surface area contributed by atoms with Gasteiger partial charge in [0.05, 0.1) is 12.6 Å². The Morgan fingerprint density at radius 2 is 2.27 bits per heavy atom. The summed E-state index contributed by atoms with van der Waals surface area (Å²) in [6.07, 6.45) is 1.95. The first kappa shape index (κ1) is 11.6. The molecule has 0 amide bonds. The second kappa shape index (κ2) is 5.43. The Labute approximate surface area is 88.6 Å². The van der Waals surface area contributed by atoms with Crippen LogP contribution in [0.25, 0.3) is 0 Å². The van der Waals surface area contributed by atoms with Crippen LogP contribution in [0, 0.1) is 0 Å². The van der Waals surface area contributed by atoms with Crippen molar-refractivity contribution in [2.75, 3.05) is 6.61 Å². The lowest BCUT2D eigenvalue weighted by molar-refractivity contribution is 0.0501. The van der Waals surface area contributed by atoms with E-state index >= 15 is 0 Å². The third kappa shape index (κ3) is 2.74. The van der Waals surface area contributed by atoms with Crippen LogP contribution >= 0.6 is 0 Å². The quantitative estimate of drug-likeness (QED) is 0.686. The first-order chi connectivity index (χ1) is 7.20. The van der Waals surface area contributed by atoms with Crippen molar-refractivity contribution in [2.45, 2.75) is 39.7 Å². The van der Waals surface area contributed by atoms with Gasteiger partial charge in [0, 0.05) is 0 Å². The molecule has 0 spiro atoms. The molecule has 1 rings (SSSR count). The minimum absolute atomic E-state index is 0.115. The van der Waals surface area contributed by atoms with Crippen molar-refractivity contribution >= 4 is 5.97 Å². The smallest absolute Gasteiger partial charge is 0.378 e. The molecule has 0 radical (unpaired) electrons. The summed E-state index contributed by atoms with van der Waals surface area (Å²) in [7, 11) is 0. The van der Waals surface area contributed by atoms with E-state index in [1.54, 1.807) is 6.92 Å². The number of tetrazole rings is 1. The van der Waals surface area contributed by atoms with Crippen molar-refractivity contribution in [1.29, 1.82) is 0 Å². The van der Waals surface area contributed by atoms with Crippen molar-refractivity contribution in [1.82, 2.24) is 20.2 Å². The molecule has 1 aromatic heterocycles. The maximum absolute atomic E-state index is 11.4. The summed E-state index contributed by atoms with van der Waals surface area (Å²) in [5, 5.41) is 10.9. The van der Waals surface area contributed by atoms with Crippen LogP contribution in [0.3, 0.4) is 0 Å². The zero-order valence-electron chi connectivity index (χ0n) is 9.30. The molecular weight excluding hydrogens is 196 g/mol. The number of carbonyl (C=O) groups excluding carboxylic acids is 1. The molecule has 0 saturated heterocycles. The first-order valence-electron chi connectivity index (χ1n) is 5.15. The molecule has 6 nitrogen and oxygen atoms in total. The molecular formula is C9H16N4O2. The van der Waals surface area contributed by atoms with Crippen LogP contribution in [0.15, 0.2) is 0 Å². The highest BCUT2D eigenvalue weighted by atomic mass is 16.5. The summed E-state index contributed by atoms with van der Waals surface area (Å²) >= 11 is 0. The highest BCUT2D eigenvalue weighted by molar-refractivity contribution is 5.85. The van der Waals surface area contributed by atoms with Gasteiger partial charge in [-0.2, -0.15) is 0 Å². The van der Waals surface area contributed by atoms with Gasteiger partial charge in [-0.1, -0.05) is 13.3 Å². The van der Waals surface area contributed by atoms with Gasteiger partial charge in [0.2, 0.25) is 0 Å². The van der Waals surface area contributed by atoms with E-state index in [4.69, 9.17) is 4.74 Å². The van der Waals surface area contributed by atoms with Crippen LogP contribution in [-0.4, -0.2) is 32.8 Å². The molecule has 0 aliphatic rings. The van der Waals surface area contributed by atoms with Crippen LogP contribution in [-0.2, 0) is 4.74 Å². The van der Waals surface area contributed by atoms with Gasteiger partial charge in [-0.05, 0) is 30.7 Å². The highest BCUT2D eigenvalue weighted by Gasteiger charge is 2.19. The molecule has 1 heterocycles. The maximum atomic E-state index is 11.4. The summed E-state index contributed by atoms with van der Waals surface area (Å²) < 4.78 is 6.37. The highest BCUT2D eigenvalue weighted by Crippen LogP contribution is 2.12. The lowest BCUT2D eigenvalue weighted by atomic mass is 10.2. The van der Waals surface area contributed by atoms with Gasteiger partial charge in [-0.25, -0.2) is 9.48 Å². The summed E-state index contributed by atoms with van der Waals surface area (Å²) in [4.78, 5) is 11.4. The molecule has 0 aliphatic carbocycles. The molecule has 1 aromatic rings. The van der Waals surface area contributed by atoms with Crippen molar-refractivity contribution in [2.24, 2.45) is 0 Å². The molecule has 0 aliphatic heterocycles. The van der Waals surface area contributed by atoms with E-state index in [0.717, 1.165) is 12.8 Å². The van der Waals surface area contributed by atoms with E-state index in [1.807, 2.05) is 6.92 Å². The summed E-state index contributed by atoms with van der Waals surface area (Å²) in [5.41, 5.74) is 0. The largest absolute Gasteiger partial charge is 0.460 e. The van der Waals surface area contributed by atoms with Crippen LogP contribution in [0.4, 0.5) is 0 Å². The number of hydrogen-bond donors (Lipinski definition) is 0. The van der Waals surface area contributed by atoms with Gasteiger partial charge in [0.1, 0.15) is 0 Å². The zero-order chi connectivity index (χ0) is 11.3. The Balaban J connectivity index is 2.81. The fourth-order valence-corrected chi connectivity index (χ4v) is 1.36. The fourth-order valence-electron chi connectivity index (χ4n) is 1.36. The lowest BCUT2D eigenvalue weighted by Crippen LogP contribution is -2.17. The molecule has 84 valence electrons. The van der Waals surface area contributed by atoms with E-state index in [2.05, 4.69) is 22.4 Å². The summed E-state index contributed by atoms with van der Waals surface area (Å²) in [5.74, 6) is -0.289. The third-order valence-electron chi connectivity index (χ3n) is 2.07. The van der Waals surface area contributed by atoms with E-state index in [0.29, 0.717) is 6.61 Å². The molecule has 15 heavy (non-hydrogen) atoms. The van der Waals surface area contributed by atoms with Crippen LogP contribution in [0.2, 0.25) is 0 Å². The predicted molar refractivity (Wildman–Crippen MR) is 53.4 cm³/mol. The Kier molecular flexibility index (Phi) is 4.20. The SMILES string of the molecule is CCCC(C)n1nnnc1C(=O)OCC. The molecule has 1 unspecified atom stereocenters. The number of carbonyl (C=O) groups is 1. The van der Waals surface area contributed by atoms with E-state index in [-0.39, 0.29) is 11.9 Å². The van der Waals surface area contributed by atoms with Gasteiger partial charge in [0.15, 0.2) is 0 Å². The molecule has 1 atom stereocenters. The van der Waals surface area contributed by atoms with E-state index in [1.165, 1.54) is 4.68 Å². The standard InChI is InChI=1S/C9H16N4O2/c1-4-6-7(3)13-8(10-11-12-13)9(14)15-5-2/h7H,4-6H2,1-3H3. The minimum Gasteiger partial charge on any atom is -0.460 e. The Morgan fingerprint density at radius 1 is 1.53 bits per heavy atom. The minimum atomic E-state index is -0.467. The Hall–Kier alpha value is -1.46. The van der Waals surface area contributed by atoms with Crippen molar-refractivity contribution < 1.29 is 9.53 Å². The summed E-state index contributed by atoms with van der Waals surface area (Å²) in [6, 6.07) is 0.115. The number of esters is 1. The second-order valence-corrected chi connectivity index (χ2v) is 3.31. The maximum Gasteiger partial charge on any atom is 0.378 e. The molecule has 0 bridgehead atoms. The topological polar surface area (TPSA) is 69.9 Å². The first-order valence-corrected chi connectivity index (χ1v) is 5.15. The predicted octanol–water partition coefficient (Wildman–Crippen LogP) is 1.21. The van der Waals surface area contributed by atoms with Crippen LogP contribution in [0.1, 0.15) is 50.3 Å². The van der Waals surface area contributed by atoms with Crippen molar-refractivity contribution in [3.05, 3.63) is 5.82 Å². The van der Waals surface area contributed by atoms with Crippen molar-refractivity contribution in [3.8, 4) is 0 Å². The zero-order valence-corrected chi connectivity index (χ0v) is 9.30. The van der Waals surface area contributed by atoms with Crippen LogP contribution < -0.4 is 0 Å². The fraction of sp³-hybridized carbons (Fsp3) is 0.778. The number of ether oxygens (including phenoxy) is 1. The number of nitrogens with zero attached hydrogens (tertiary/aromatic N) is 4. The van der Waals surface area contributed by atoms with Crippen LogP contribution in [0.5, 0.6) is 0 Å². The Bertz CT molecular complexity index is 324. The normalized spacial score (nSPS) is 12.5. The molecule has 0 N–H and O–H groups in total. The number of hydrogen-bond acceptors (Lipinski definition) is 5. The van der Waals surface area contributed by atoms with Gasteiger partial charge >= 0.3 is 5.97 Å². The molecule has 6 heteroatoms. The average Bonchev–Trinajstić information content (AvgIpc) is 2.66. The summed E-state index contributed by atoms with van der Waals surface area (Å²) in [6.45, 7) is 6.13. The van der Waals surface area contributed by atoms with E-state index < -0.39 is 5.97 Å².